The smallest absolute Gasteiger partial charge is 0.238 e. The molecule has 1 aliphatic heterocycles. The first-order chi connectivity index (χ1) is 9.20. The van der Waals surface area contributed by atoms with Crippen LogP contribution >= 0.6 is 0 Å². The summed E-state index contributed by atoms with van der Waals surface area (Å²) in [6.07, 6.45) is 1.80. The summed E-state index contributed by atoms with van der Waals surface area (Å²) in [6.45, 7) is 5.18. The second kappa shape index (κ2) is 6.63. The molecule has 104 valence electrons. The third-order valence-corrected chi connectivity index (χ3v) is 3.40. The maximum atomic E-state index is 12.1. The lowest BCUT2D eigenvalue weighted by atomic mass is 10.1. The fraction of sp³-hybridized carbons (Fsp3) is 0.571. The lowest BCUT2D eigenvalue weighted by Gasteiger charge is -2.28. The van der Waals surface area contributed by atoms with Crippen LogP contribution in [0.3, 0.4) is 0 Å². The Morgan fingerprint density at radius 3 is 3.05 bits per heavy atom. The molecule has 1 aliphatic rings. The van der Waals surface area contributed by atoms with E-state index in [1.54, 1.807) is 6.20 Å². The molecule has 1 aromatic rings. The lowest BCUT2D eigenvalue weighted by molar-refractivity contribution is -0.125. The number of nitrogens with one attached hydrogen (secondary N) is 2. The third-order valence-electron chi connectivity index (χ3n) is 3.40. The number of rotatable bonds is 4. The first kappa shape index (κ1) is 14.0. The zero-order chi connectivity index (χ0) is 13.7. The van der Waals surface area contributed by atoms with E-state index in [1.807, 2.05) is 25.2 Å². The number of nitrogens with zero attached hydrogens (tertiary/aromatic N) is 2. The van der Waals surface area contributed by atoms with Crippen molar-refractivity contribution in [3.8, 4) is 0 Å². The molecule has 19 heavy (non-hydrogen) atoms. The monoisotopic (exact) mass is 262 g/mol. The average Bonchev–Trinajstić information content (AvgIpc) is 2.54. The Morgan fingerprint density at radius 2 is 2.37 bits per heavy atom. The van der Waals surface area contributed by atoms with Gasteiger partial charge in [-0.1, -0.05) is 13.0 Å². The Labute approximate surface area is 114 Å². The van der Waals surface area contributed by atoms with Crippen molar-refractivity contribution in [3.05, 3.63) is 30.1 Å². The van der Waals surface area contributed by atoms with Crippen LogP contribution in [0, 0.1) is 5.92 Å². The van der Waals surface area contributed by atoms with Gasteiger partial charge in [0.1, 0.15) is 6.04 Å². The number of carbonyl (C=O) groups excluding carboxylic acids is 1. The van der Waals surface area contributed by atoms with Crippen LogP contribution in [0.4, 0.5) is 0 Å². The van der Waals surface area contributed by atoms with E-state index >= 15 is 0 Å². The summed E-state index contributed by atoms with van der Waals surface area (Å²) in [5.74, 6) is 0.559. The van der Waals surface area contributed by atoms with Gasteiger partial charge in [0.15, 0.2) is 0 Å². The SMILES string of the molecule is CNCC1C(=O)NCC(C)CN1Cc1ccccn1. The van der Waals surface area contributed by atoms with Gasteiger partial charge in [-0.3, -0.25) is 14.7 Å². The van der Waals surface area contributed by atoms with Gasteiger partial charge >= 0.3 is 0 Å². The van der Waals surface area contributed by atoms with Gasteiger partial charge < -0.3 is 10.6 Å². The van der Waals surface area contributed by atoms with Gasteiger partial charge in [0.2, 0.25) is 5.91 Å². The topological polar surface area (TPSA) is 57.3 Å². The Hall–Kier alpha value is -1.46. The Kier molecular flexibility index (Phi) is 4.87. The highest BCUT2D eigenvalue weighted by Crippen LogP contribution is 2.12. The predicted octanol–water partition coefficient (Wildman–Crippen LogP) is 0.238. The molecule has 2 atom stereocenters. The van der Waals surface area contributed by atoms with Crippen molar-refractivity contribution in [1.82, 2.24) is 20.5 Å². The molecule has 5 heteroatoms. The molecule has 2 N–H and O–H groups in total. The summed E-state index contributed by atoms with van der Waals surface area (Å²) in [5, 5.41) is 6.11. The molecule has 0 aromatic carbocycles. The van der Waals surface area contributed by atoms with Crippen molar-refractivity contribution in [2.45, 2.75) is 19.5 Å². The molecule has 0 radical (unpaired) electrons. The van der Waals surface area contributed by atoms with E-state index < -0.39 is 0 Å². The van der Waals surface area contributed by atoms with Gasteiger partial charge in [-0.25, -0.2) is 0 Å². The second-order valence-corrected chi connectivity index (χ2v) is 5.17. The lowest BCUT2D eigenvalue weighted by Crippen LogP contribution is -2.49. The third kappa shape index (κ3) is 3.75. The highest BCUT2D eigenvalue weighted by Gasteiger charge is 2.29. The van der Waals surface area contributed by atoms with E-state index in [4.69, 9.17) is 0 Å². The van der Waals surface area contributed by atoms with Crippen molar-refractivity contribution in [1.29, 1.82) is 0 Å². The van der Waals surface area contributed by atoms with Crippen molar-refractivity contribution in [3.63, 3.8) is 0 Å². The molecule has 0 aliphatic carbocycles. The summed E-state index contributed by atoms with van der Waals surface area (Å²) in [7, 11) is 1.88. The maximum Gasteiger partial charge on any atom is 0.238 e. The van der Waals surface area contributed by atoms with Crippen molar-refractivity contribution < 1.29 is 4.79 Å². The van der Waals surface area contributed by atoms with Crippen LogP contribution in [0.2, 0.25) is 0 Å². The minimum Gasteiger partial charge on any atom is -0.354 e. The normalized spacial score (nSPS) is 24.8. The summed E-state index contributed by atoms with van der Waals surface area (Å²) in [6, 6.07) is 5.77. The van der Waals surface area contributed by atoms with Crippen LogP contribution < -0.4 is 10.6 Å². The average molecular weight is 262 g/mol. The van der Waals surface area contributed by atoms with E-state index in [0.29, 0.717) is 19.0 Å². The molecule has 1 fully saturated rings. The van der Waals surface area contributed by atoms with E-state index in [0.717, 1.165) is 18.8 Å². The van der Waals surface area contributed by atoms with Crippen molar-refractivity contribution in [2.24, 2.45) is 5.92 Å². The standard InChI is InChI=1S/C14H22N4O/c1-11-7-17-14(19)13(8-15-2)18(9-11)10-12-5-3-4-6-16-12/h3-6,11,13,15H,7-10H2,1-2H3,(H,17,19). The van der Waals surface area contributed by atoms with Gasteiger partial charge in [0.05, 0.1) is 5.69 Å². The second-order valence-electron chi connectivity index (χ2n) is 5.17. The summed E-state index contributed by atoms with van der Waals surface area (Å²) in [4.78, 5) is 18.7. The number of pyridine rings is 1. The zero-order valence-electron chi connectivity index (χ0n) is 11.6. The van der Waals surface area contributed by atoms with Crippen LogP contribution in [-0.2, 0) is 11.3 Å². The van der Waals surface area contributed by atoms with Crippen LogP contribution in [0.1, 0.15) is 12.6 Å². The fourth-order valence-corrected chi connectivity index (χ4v) is 2.44. The molecule has 1 saturated heterocycles. The van der Waals surface area contributed by atoms with Crippen molar-refractivity contribution in [2.75, 3.05) is 26.7 Å². The van der Waals surface area contributed by atoms with E-state index in [2.05, 4.69) is 27.4 Å². The number of aromatic nitrogens is 1. The molecule has 0 saturated carbocycles. The Bertz CT molecular complexity index is 409. The summed E-state index contributed by atoms with van der Waals surface area (Å²) >= 11 is 0. The number of amides is 1. The van der Waals surface area contributed by atoms with Gasteiger partial charge in [0.25, 0.3) is 0 Å². The van der Waals surface area contributed by atoms with Crippen LogP contribution in [0.25, 0.3) is 0 Å². The highest BCUT2D eigenvalue weighted by atomic mass is 16.2. The van der Waals surface area contributed by atoms with Crippen LogP contribution in [-0.4, -0.2) is 48.5 Å². The van der Waals surface area contributed by atoms with Gasteiger partial charge in [-0.2, -0.15) is 0 Å². The van der Waals surface area contributed by atoms with Gasteiger partial charge in [-0.15, -0.1) is 0 Å². The molecular formula is C14H22N4O. The largest absolute Gasteiger partial charge is 0.354 e. The van der Waals surface area contributed by atoms with Crippen LogP contribution in [0.15, 0.2) is 24.4 Å². The highest BCUT2D eigenvalue weighted by molar-refractivity contribution is 5.82. The predicted molar refractivity (Wildman–Crippen MR) is 74.5 cm³/mol. The van der Waals surface area contributed by atoms with E-state index in [-0.39, 0.29) is 11.9 Å². The molecule has 2 heterocycles. The molecule has 0 bridgehead atoms. The molecule has 2 rings (SSSR count). The molecule has 0 spiro atoms. The molecule has 5 nitrogen and oxygen atoms in total. The zero-order valence-corrected chi connectivity index (χ0v) is 11.6. The molecule has 2 unspecified atom stereocenters. The van der Waals surface area contributed by atoms with E-state index in [1.165, 1.54) is 0 Å². The molecular weight excluding hydrogens is 240 g/mol. The summed E-state index contributed by atoms with van der Waals surface area (Å²) in [5.41, 5.74) is 1.01. The molecule has 1 aromatic heterocycles. The van der Waals surface area contributed by atoms with Gasteiger partial charge in [-0.05, 0) is 25.1 Å². The van der Waals surface area contributed by atoms with Gasteiger partial charge in [0, 0.05) is 32.4 Å². The number of hydrogen-bond donors (Lipinski definition) is 2. The molecule has 1 amide bonds. The van der Waals surface area contributed by atoms with Crippen LogP contribution in [0.5, 0.6) is 0 Å². The minimum atomic E-state index is -0.128. The fourth-order valence-electron chi connectivity index (χ4n) is 2.44. The number of carbonyl (C=O) groups is 1. The minimum absolute atomic E-state index is 0.106. The van der Waals surface area contributed by atoms with E-state index in [9.17, 15) is 4.79 Å². The Balaban J connectivity index is 2.14. The summed E-state index contributed by atoms with van der Waals surface area (Å²) < 4.78 is 0. The maximum absolute atomic E-state index is 12.1. The Morgan fingerprint density at radius 1 is 1.53 bits per heavy atom. The first-order valence-corrected chi connectivity index (χ1v) is 6.77. The quantitative estimate of drug-likeness (QED) is 0.816. The van der Waals surface area contributed by atoms with Crippen molar-refractivity contribution >= 4 is 5.91 Å². The number of hydrogen-bond acceptors (Lipinski definition) is 4. The first-order valence-electron chi connectivity index (χ1n) is 6.77. The number of likely N-dealkylation sites (N-methyl/N-ethyl adjacent to an activating group) is 1.